The molecule has 1 fully saturated rings. The zero-order chi connectivity index (χ0) is 13.7. The van der Waals surface area contributed by atoms with Gasteiger partial charge in [-0.15, -0.1) is 0 Å². The lowest BCUT2D eigenvalue weighted by molar-refractivity contribution is -0.0877. The van der Waals surface area contributed by atoms with Gasteiger partial charge in [0.1, 0.15) is 0 Å². The van der Waals surface area contributed by atoms with E-state index in [1.165, 1.54) is 0 Å². The minimum absolute atomic E-state index is 0.0871. The van der Waals surface area contributed by atoms with E-state index in [2.05, 4.69) is 11.8 Å². The van der Waals surface area contributed by atoms with Crippen LogP contribution in [0.25, 0.3) is 0 Å². The van der Waals surface area contributed by atoms with Gasteiger partial charge < -0.3 is 9.84 Å². The highest BCUT2D eigenvalue weighted by Crippen LogP contribution is 2.15. The van der Waals surface area contributed by atoms with Crippen LogP contribution in [0, 0.1) is 0 Å². The third-order valence-corrected chi connectivity index (χ3v) is 3.76. The molecule has 0 amide bonds. The maximum Gasteiger partial charge on any atom is 0.0964 e. The summed E-state index contributed by atoms with van der Waals surface area (Å²) in [7, 11) is 0. The second kappa shape index (κ2) is 7.25. The van der Waals surface area contributed by atoms with Crippen molar-refractivity contribution < 1.29 is 9.84 Å². The second-order valence-corrected chi connectivity index (χ2v) is 5.54. The molecule has 1 heterocycles. The summed E-state index contributed by atoms with van der Waals surface area (Å²) in [6.45, 7) is 5.76. The van der Waals surface area contributed by atoms with Crippen molar-refractivity contribution in [3.8, 4) is 0 Å². The molecule has 1 aliphatic heterocycles. The fourth-order valence-electron chi connectivity index (χ4n) is 2.48. The molecular formula is C15H22ClNO2. The van der Waals surface area contributed by atoms with Gasteiger partial charge >= 0.3 is 0 Å². The van der Waals surface area contributed by atoms with Crippen molar-refractivity contribution in [1.29, 1.82) is 0 Å². The van der Waals surface area contributed by atoms with Gasteiger partial charge in [0.05, 0.1) is 18.8 Å². The summed E-state index contributed by atoms with van der Waals surface area (Å²) in [5.41, 5.74) is 1.09. The van der Waals surface area contributed by atoms with Gasteiger partial charge in [-0.05, 0) is 30.7 Å². The molecule has 106 valence electrons. The largest absolute Gasteiger partial charge is 0.390 e. The predicted octanol–water partition coefficient (Wildman–Crippen LogP) is 2.35. The van der Waals surface area contributed by atoms with Crippen LogP contribution >= 0.6 is 11.6 Å². The quantitative estimate of drug-likeness (QED) is 0.900. The lowest BCUT2D eigenvalue weighted by Crippen LogP contribution is -2.48. The van der Waals surface area contributed by atoms with Crippen LogP contribution in [0.5, 0.6) is 0 Å². The van der Waals surface area contributed by atoms with E-state index in [9.17, 15) is 5.11 Å². The highest BCUT2D eigenvalue weighted by molar-refractivity contribution is 6.30. The van der Waals surface area contributed by atoms with E-state index in [4.69, 9.17) is 16.3 Å². The van der Waals surface area contributed by atoms with E-state index in [0.717, 1.165) is 36.6 Å². The fraction of sp³-hybridized carbons (Fsp3) is 0.600. The van der Waals surface area contributed by atoms with E-state index < -0.39 is 6.10 Å². The molecular weight excluding hydrogens is 262 g/mol. The Morgan fingerprint density at radius 3 is 2.84 bits per heavy atom. The molecule has 3 nitrogen and oxygen atoms in total. The first-order valence-electron chi connectivity index (χ1n) is 6.95. The number of halogens is 1. The Balaban J connectivity index is 1.88. The molecule has 1 aromatic rings. The summed E-state index contributed by atoms with van der Waals surface area (Å²) >= 11 is 5.86. The van der Waals surface area contributed by atoms with Crippen molar-refractivity contribution in [2.75, 3.05) is 26.2 Å². The molecule has 0 aromatic heterocycles. The minimum Gasteiger partial charge on any atom is -0.390 e. The molecule has 2 unspecified atom stereocenters. The fourth-order valence-corrected chi connectivity index (χ4v) is 2.60. The number of rotatable bonds is 5. The third-order valence-electron chi connectivity index (χ3n) is 3.50. The summed E-state index contributed by atoms with van der Waals surface area (Å²) in [4.78, 5) is 2.36. The Hall–Kier alpha value is -0.610. The predicted molar refractivity (Wildman–Crippen MR) is 77.6 cm³/mol. The average molecular weight is 284 g/mol. The summed E-state index contributed by atoms with van der Waals surface area (Å²) in [5, 5.41) is 11.0. The van der Waals surface area contributed by atoms with Gasteiger partial charge in [-0.3, -0.25) is 4.90 Å². The number of benzene rings is 1. The molecule has 0 bridgehead atoms. The first-order valence-corrected chi connectivity index (χ1v) is 7.33. The summed E-state index contributed by atoms with van der Waals surface area (Å²) < 4.78 is 5.69. The number of aliphatic hydroxyl groups excluding tert-OH is 1. The molecule has 2 atom stereocenters. The maximum absolute atomic E-state index is 10.3. The zero-order valence-corrected chi connectivity index (χ0v) is 12.1. The standard InChI is InChI=1S/C15H22ClNO2/c1-2-7-17-8-9-19-15(11-17)14(18)10-12-3-5-13(16)6-4-12/h3-6,14-15,18H,2,7-11H2,1H3. The van der Waals surface area contributed by atoms with Crippen molar-refractivity contribution in [1.82, 2.24) is 4.90 Å². The minimum atomic E-state index is -0.458. The third kappa shape index (κ3) is 4.46. The first kappa shape index (κ1) is 14.8. The molecule has 1 aliphatic rings. The number of hydrogen-bond donors (Lipinski definition) is 1. The number of aliphatic hydroxyl groups is 1. The first-order chi connectivity index (χ1) is 9.19. The number of ether oxygens (including phenoxy) is 1. The topological polar surface area (TPSA) is 32.7 Å². The molecule has 1 N–H and O–H groups in total. The monoisotopic (exact) mass is 283 g/mol. The second-order valence-electron chi connectivity index (χ2n) is 5.11. The molecule has 0 spiro atoms. The van der Waals surface area contributed by atoms with Gasteiger partial charge in [0.2, 0.25) is 0 Å². The van der Waals surface area contributed by atoms with Gasteiger partial charge in [-0.2, -0.15) is 0 Å². The summed E-state index contributed by atoms with van der Waals surface area (Å²) in [6, 6.07) is 7.62. The zero-order valence-electron chi connectivity index (χ0n) is 11.4. The van der Waals surface area contributed by atoms with Crippen LogP contribution in [0.4, 0.5) is 0 Å². The van der Waals surface area contributed by atoms with E-state index >= 15 is 0 Å². The van der Waals surface area contributed by atoms with Crippen LogP contribution < -0.4 is 0 Å². The van der Waals surface area contributed by atoms with Crippen molar-refractivity contribution in [3.63, 3.8) is 0 Å². The van der Waals surface area contributed by atoms with Crippen LogP contribution in [0.15, 0.2) is 24.3 Å². The molecule has 2 rings (SSSR count). The van der Waals surface area contributed by atoms with Crippen LogP contribution in [0.1, 0.15) is 18.9 Å². The molecule has 4 heteroatoms. The van der Waals surface area contributed by atoms with Crippen LogP contribution in [-0.2, 0) is 11.2 Å². The molecule has 19 heavy (non-hydrogen) atoms. The van der Waals surface area contributed by atoms with Gasteiger partial charge in [0.15, 0.2) is 0 Å². The van der Waals surface area contributed by atoms with E-state index in [-0.39, 0.29) is 6.10 Å². The van der Waals surface area contributed by atoms with Crippen molar-refractivity contribution in [3.05, 3.63) is 34.9 Å². The highest BCUT2D eigenvalue weighted by Gasteiger charge is 2.26. The van der Waals surface area contributed by atoms with Gasteiger partial charge in [-0.25, -0.2) is 0 Å². The smallest absolute Gasteiger partial charge is 0.0964 e. The Labute approximate surface area is 120 Å². The van der Waals surface area contributed by atoms with Crippen molar-refractivity contribution >= 4 is 11.6 Å². The van der Waals surface area contributed by atoms with Crippen molar-refractivity contribution in [2.45, 2.75) is 32.0 Å². The Kier molecular flexibility index (Phi) is 5.64. The molecule has 0 radical (unpaired) electrons. The van der Waals surface area contributed by atoms with E-state index in [0.29, 0.717) is 13.0 Å². The summed E-state index contributed by atoms with van der Waals surface area (Å²) in [5.74, 6) is 0. The highest BCUT2D eigenvalue weighted by atomic mass is 35.5. The van der Waals surface area contributed by atoms with Crippen LogP contribution in [-0.4, -0.2) is 48.5 Å². The van der Waals surface area contributed by atoms with Gasteiger partial charge in [-0.1, -0.05) is 30.7 Å². The average Bonchev–Trinajstić information content (AvgIpc) is 2.42. The van der Waals surface area contributed by atoms with Crippen LogP contribution in [0.3, 0.4) is 0 Å². The van der Waals surface area contributed by atoms with E-state index in [1.54, 1.807) is 0 Å². The van der Waals surface area contributed by atoms with Crippen molar-refractivity contribution in [2.24, 2.45) is 0 Å². The molecule has 1 aromatic carbocycles. The SMILES string of the molecule is CCCN1CCOC(C(O)Cc2ccc(Cl)cc2)C1. The number of morpholine rings is 1. The molecule has 1 saturated heterocycles. The van der Waals surface area contributed by atoms with E-state index in [1.807, 2.05) is 24.3 Å². The van der Waals surface area contributed by atoms with Crippen LogP contribution in [0.2, 0.25) is 5.02 Å². The lowest BCUT2D eigenvalue weighted by Gasteiger charge is -2.35. The Bertz CT molecular complexity index is 380. The molecule has 0 aliphatic carbocycles. The Morgan fingerprint density at radius 2 is 2.16 bits per heavy atom. The number of nitrogens with zero attached hydrogens (tertiary/aromatic N) is 1. The molecule has 0 saturated carbocycles. The number of hydrogen-bond acceptors (Lipinski definition) is 3. The normalized spacial score (nSPS) is 22.4. The summed E-state index contributed by atoms with van der Waals surface area (Å²) in [6.07, 6.45) is 1.21. The lowest BCUT2D eigenvalue weighted by atomic mass is 10.0. The van der Waals surface area contributed by atoms with Gasteiger partial charge in [0, 0.05) is 24.5 Å². The Morgan fingerprint density at radius 1 is 1.42 bits per heavy atom. The van der Waals surface area contributed by atoms with Gasteiger partial charge in [0.25, 0.3) is 0 Å². The maximum atomic E-state index is 10.3.